The fraction of sp³-hybridized carbons (Fsp3) is 0.429. The maximum atomic E-state index is 13.0. The van der Waals surface area contributed by atoms with Gasteiger partial charge in [0.1, 0.15) is 0 Å². The number of rotatable bonds is 3. The molecule has 0 bridgehead atoms. The summed E-state index contributed by atoms with van der Waals surface area (Å²) in [7, 11) is 0. The third-order valence-corrected chi connectivity index (χ3v) is 1.24. The summed E-state index contributed by atoms with van der Waals surface area (Å²) in [5.41, 5.74) is 0. The van der Waals surface area contributed by atoms with Gasteiger partial charge in [0.05, 0.1) is 6.61 Å². The number of esters is 1. The van der Waals surface area contributed by atoms with Crippen LogP contribution in [0.2, 0.25) is 0 Å². The van der Waals surface area contributed by atoms with Gasteiger partial charge >= 0.3 is 5.97 Å². The van der Waals surface area contributed by atoms with Crippen LogP contribution in [0, 0.1) is 0 Å². The van der Waals surface area contributed by atoms with E-state index in [9.17, 15) is 9.18 Å². The van der Waals surface area contributed by atoms with Crippen LogP contribution in [-0.2, 0) is 9.53 Å². The highest BCUT2D eigenvalue weighted by Crippen LogP contribution is 2.07. The Bertz CT molecular complexity index is 248. The molecule has 1 aromatic heterocycles. The van der Waals surface area contributed by atoms with E-state index < -0.39 is 12.3 Å². The molecule has 0 aliphatic carbocycles. The maximum absolute atomic E-state index is 13.0. The molecule has 0 saturated carbocycles. The van der Waals surface area contributed by atoms with Crippen LogP contribution in [0.4, 0.5) is 4.39 Å². The minimum absolute atomic E-state index is 0.167. The molecule has 0 N–H and O–H groups in total. The Hall–Kier alpha value is -1.39. The molecular formula is C7H9FN2O2. The summed E-state index contributed by atoms with van der Waals surface area (Å²) < 4.78 is 18.3. The van der Waals surface area contributed by atoms with Crippen molar-refractivity contribution in [1.29, 1.82) is 0 Å². The van der Waals surface area contributed by atoms with Crippen molar-refractivity contribution in [2.45, 2.75) is 13.2 Å². The molecule has 0 amide bonds. The fourth-order valence-electron chi connectivity index (χ4n) is 0.734. The van der Waals surface area contributed by atoms with Gasteiger partial charge in [0.2, 0.25) is 0 Å². The van der Waals surface area contributed by atoms with Crippen LogP contribution in [0.15, 0.2) is 18.5 Å². The van der Waals surface area contributed by atoms with Crippen molar-refractivity contribution in [2.75, 3.05) is 6.61 Å². The smallest absolute Gasteiger partial charge is 0.363 e. The van der Waals surface area contributed by atoms with Gasteiger partial charge in [0.15, 0.2) is 0 Å². The molecular weight excluding hydrogens is 163 g/mol. The molecule has 0 aromatic carbocycles. The number of alkyl halides is 1. The Balaban J connectivity index is 2.59. The van der Waals surface area contributed by atoms with Crippen molar-refractivity contribution in [3.63, 3.8) is 0 Å². The fourth-order valence-corrected chi connectivity index (χ4v) is 0.734. The van der Waals surface area contributed by atoms with Gasteiger partial charge in [-0.25, -0.2) is 13.9 Å². The summed E-state index contributed by atoms with van der Waals surface area (Å²) >= 11 is 0. The van der Waals surface area contributed by atoms with E-state index in [-0.39, 0.29) is 6.61 Å². The molecule has 66 valence electrons. The highest BCUT2D eigenvalue weighted by Gasteiger charge is 2.19. The van der Waals surface area contributed by atoms with Crippen molar-refractivity contribution in [3.05, 3.63) is 18.5 Å². The quantitative estimate of drug-likeness (QED) is 0.636. The summed E-state index contributed by atoms with van der Waals surface area (Å²) in [6, 6.07) is 1.53. The monoisotopic (exact) mass is 172 g/mol. The first kappa shape index (κ1) is 8.70. The van der Waals surface area contributed by atoms with Crippen molar-refractivity contribution in [2.24, 2.45) is 0 Å². The van der Waals surface area contributed by atoms with E-state index in [1.165, 1.54) is 18.5 Å². The molecule has 1 heterocycles. The normalized spacial score (nSPS) is 12.5. The molecule has 1 rings (SSSR count). The summed E-state index contributed by atoms with van der Waals surface area (Å²) in [6.07, 6.45) is 0.924. The van der Waals surface area contributed by atoms with E-state index in [4.69, 9.17) is 0 Å². The third kappa shape index (κ3) is 1.81. The second-order valence-electron chi connectivity index (χ2n) is 2.07. The van der Waals surface area contributed by atoms with E-state index in [0.29, 0.717) is 0 Å². The predicted molar refractivity (Wildman–Crippen MR) is 39.0 cm³/mol. The van der Waals surface area contributed by atoms with Crippen LogP contribution in [0.3, 0.4) is 0 Å². The van der Waals surface area contributed by atoms with Crippen LogP contribution >= 0.6 is 0 Å². The minimum atomic E-state index is -1.83. The Morgan fingerprint density at radius 2 is 2.58 bits per heavy atom. The van der Waals surface area contributed by atoms with Crippen molar-refractivity contribution in [3.8, 4) is 0 Å². The van der Waals surface area contributed by atoms with E-state index >= 15 is 0 Å². The van der Waals surface area contributed by atoms with E-state index in [1.807, 2.05) is 0 Å². The molecule has 1 aromatic rings. The van der Waals surface area contributed by atoms with Crippen LogP contribution < -0.4 is 0 Å². The number of carbonyl (C=O) groups excluding carboxylic acids is 1. The van der Waals surface area contributed by atoms with Crippen LogP contribution in [0.1, 0.15) is 13.2 Å². The SMILES string of the molecule is CCOC(=O)C(F)n1cccn1. The first-order valence-corrected chi connectivity index (χ1v) is 3.55. The van der Waals surface area contributed by atoms with Gasteiger partial charge in [-0.15, -0.1) is 0 Å². The summed E-state index contributed by atoms with van der Waals surface area (Å²) in [5, 5.41) is 3.56. The maximum Gasteiger partial charge on any atom is 0.363 e. The summed E-state index contributed by atoms with van der Waals surface area (Å²) in [5.74, 6) is -0.916. The Morgan fingerprint density at radius 1 is 1.83 bits per heavy atom. The van der Waals surface area contributed by atoms with Gasteiger partial charge in [-0.3, -0.25) is 0 Å². The Labute approximate surface area is 68.9 Å². The van der Waals surface area contributed by atoms with E-state index in [1.54, 1.807) is 6.92 Å². The number of hydrogen-bond acceptors (Lipinski definition) is 3. The van der Waals surface area contributed by atoms with Crippen LogP contribution in [0.5, 0.6) is 0 Å². The number of nitrogens with zero attached hydrogens (tertiary/aromatic N) is 2. The highest BCUT2D eigenvalue weighted by molar-refractivity contribution is 5.72. The van der Waals surface area contributed by atoms with Crippen LogP contribution in [-0.4, -0.2) is 22.4 Å². The number of carbonyl (C=O) groups is 1. The second kappa shape index (κ2) is 3.85. The molecule has 4 nitrogen and oxygen atoms in total. The zero-order valence-corrected chi connectivity index (χ0v) is 6.61. The molecule has 1 unspecified atom stereocenters. The number of aromatic nitrogens is 2. The average molecular weight is 172 g/mol. The average Bonchev–Trinajstić information content (AvgIpc) is 2.55. The van der Waals surface area contributed by atoms with Gasteiger partial charge < -0.3 is 4.74 Å². The zero-order chi connectivity index (χ0) is 8.97. The predicted octanol–water partition coefficient (Wildman–Crippen LogP) is 0.914. The molecule has 5 heteroatoms. The van der Waals surface area contributed by atoms with Gasteiger partial charge in [0, 0.05) is 12.4 Å². The Morgan fingerprint density at radius 3 is 3.08 bits per heavy atom. The Kier molecular flexibility index (Phi) is 2.79. The first-order valence-electron chi connectivity index (χ1n) is 3.55. The van der Waals surface area contributed by atoms with Crippen molar-refractivity contribution < 1.29 is 13.9 Å². The van der Waals surface area contributed by atoms with Crippen molar-refractivity contribution in [1.82, 2.24) is 9.78 Å². The van der Waals surface area contributed by atoms with Gasteiger partial charge in [0.25, 0.3) is 6.30 Å². The third-order valence-electron chi connectivity index (χ3n) is 1.24. The molecule has 0 radical (unpaired) electrons. The number of hydrogen-bond donors (Lipinski definition) is 0. The minimum Gasteiger partial charge on any atom is -0.462 e. The van der Waals surface area contributed by atoms with Crippen LogP contribution in [0.25, 0.3) is 0 Å². The molecule has 0 fully saturated rings. The second-order valence-corrected chi connectivity index (χ2v) is 2.07. The highest BCUT2D eigenvalue weighted by atomic mass is 19.1. The number of ether oxygens (including phenoxy) is 1. The molecule has 12 heavy (non-hydrogen) atoms. The molecule has 0 spiro atoms. The lowest BCUT2D eigenvalue weighted by Crippen LogP contribution is -2.18. The zero-order valence-electron chi connectivity index (χ0n) is 6.61. The standard InChI is InChI=1S/C7H9FN2O2/c1-2-12-7(11)6(8)10-5-3-4-9-10/h3-6H,2H2,1H3. The largest absolute Gasteiger partial charge is 0.462 e. The topological polar surface area (TPSA) is 44.1 Å². The lowest BCUT2D eigenvalue weighted by atomic mass is 10.6. The van der Waals surface area contributed by atoms with Gasteiger partial charge in [-0.05, 0) is 13.0 Å². The molecule has 0 aliphatic heterocycles. The lowest BCUT2D eigenvalue weighted by molar-refractivity contribution is -0.153. The van der Waals surface area contributed by atoms with Gasteiger partial charge in [-0.1, -0.05) is 0 Å². The molecule has 1 atom stereocenters. The first-order chi connectivity index (χ1) is 5.75. The number of halogens is 1. The molecule has 0 aliphatic rings. The van der Waals surface area contributed by atoms with E-state index in [0.717, 1.165) is 4.68 Å². The molecule has 0 saturated heterocycles. The summed E-state index contributed by atoms with van der Waals surface area (Å²) in [6.45, 7) is 1.79. The van der Waals surface area contributed by atoms with Crippen molar-refractivity contribution >= 4 is 5.97 Å². The van der Waals surface area contributed by atoms with E-state index in [2.05, 4.69) is 9.84 Å². The van der Waals surface area contributed by atoms with Gasteiger partial charge in [-0.2, -0.15) is 5.10 Å². The lowest BCUT2D eigenvalue weighted by Gasteiger charge is -2.06. The summed E-state index contributed by atoms with van der Waals surface area (Å²) in [4.78, 5) is 10.8.